The third-order valence-corrected chi connectivity index (χ3v) is 4.86. The summed E-state index contributed by atoms with van der Waals surface area (Å²) < 4.78 is 2.01. The van der Waals surface area contributed by atoms with Crippen LogP contribution in [0.4, 0.5) is 5.13 Å². The number of thioether (sulfide) groups is 1. The molecule has 0 bridgehead atoms. The van der Waals surface area contributed by atoms with Crippen LogP contribution in [-0.4, -0.2) is 36.6 Å². The molecule has 124 valence electrons. The summed E-state index contributed by atoms with van der Waals surface area (Å²) in [6, 6.07) is 8.16. The number of benzene rings is 1. The number of nitrogens with zero attached hydrogens (tertiary/aromatic N) is 5. The second-order valence-electron chi connectivity index (χ2n) is 5.00. The van der Waals surface area contributed by atoms with Gasteiger partial charge in [0.15, 0.2) is 11.0 Å². The molecule has 1 N–H and O–H groups in total. The molecular weight excluding hydrogens is 344 g/mol. The van der Waals surface area contributed by atoms with Crippen LogP contribution >= 0.6 is 23.1 Å². The Morgan fingerprint density at radius 2 is 2.04 bits per heavy atom. The molecule has 0 radical (unpaired) electrons. The standard InChI is InChI=1S/C15H16N6OS2/c1-3-21-13(11-6-4-10(2)5-7-11)18-20-15(21)23-8-12(22)17-14-19-16-9-24-14/h4-7,9H,3,8H2,1-2H3,(H,17,19,22). The molecule has 0 aliphatic heterocycles. The molecule has 9 heteroatoms. The minimum atomic E-state index is -0.140. The highest BCUT2D eigenvalue weighted by Gasteiger charge is 2.15. The van der Waals surface area contributed by atoms with E-state index in [0.29, 0.717) is 5.13 Å². The number of aryl methyl sites for hydroxylation is 1. The fourth-order valence-corrected chi connectivity index (χ4v) is 3.37. The molecule has 0 atom stereocenters. The van der Waals surface area contributed by atoms with Crippen LogP contribution in [-0.2, 0) is 11.3 Å². The molecular formula is C15H16N6OS2. The number of rotatable bonds is 6. The first-order chi connectivity index (χ1) is 11.7. The highest BCUT2D eigenvalue weighted by molar-refractivity contribution is 7.99. The highest BCUT2D eigenvalue weighted by Crippen LogP contribution is 2.24. The van der Waals surface area contributed by atoms with Gasteiger partial charge < -0.3 is 4.57 Å². The van der Waals surface area contributed by atoms with Crippen LogP contribution in [0.25, 0.3) is 11.4 Å². The van der Waals surface area contributed by atoms with Crippen molar-refractivity contribution in [3.05, 3.63) is 35.3 Å². The van der Waals surface area contributed by atoms with Gasteiger partial charge in [-0.3, -0.25) is 10.1 Å². The van der Waals surface area contributed by atoms with Gasteiger partial charge >= 0.3 is 0 Å². The lowest BCUT2D eigenvalue weighted by Crippen LogP contribution is -2.14. The van der Waals surface area contributed by atoms with E-state index in [1.165, 1.54) is 28.7 Å². The summed E-state index contributed by atoms with van der Waals surface area (Å²) in [6.45, 7) is 4.81. The lowest BCUT2D eigenvalue weighted by Gasteiger charge is -2.07. The predicted octanol–water partition coefficient (Wildman–Crippen LogP) is 2.86. The Bertz CT molecular complexity index is 813. The minimum absolute atomic E-state index is 0.140. The van der Waals surface area contributed by atoms with Gasteiger partial charge in [-0.1, -0.05) is 52.9 Å². The molecule has 3 rings (SSSR count). The van der Waals surface area contributed by atoms with Gasteiger partial charge in [0.25, 0.3) is 0 Å². The van der Waals surface area contributed by atoms with Crippen molar-refractivity contribution in [1.29, 1.82) is 0 Å². The number of aromatic nitrogens is 5. The van der Waals surface area contributed by atoms with E-state index in [-0.39, 0.29) is 11.7 Å². The van der Waals surface area contributed by atoms with Gasteiger partial charge in [0.1, 0.15) is 5.51 Å². The van der Waals surface area contributed by atoms with Crippen molar-refractivity contribution < 1.29 is 4.79 Å². The average molecular weight is 360 g/mol. The van der Waals surface area contributed by atoms with E-state index in [9.17, 15) is 4.79 Å². The molecule has 0 aliphatic carbocycles. The molecule has 3 aromatic rings. The lowest BCUT2D eigenvalue weighted by molar-refractivity contribution is -0.113. The molecule has 0 spiro atoms. The zero-order valence-corrected chi connectivity index (χ0v) is 14.9. The fourth-order valence-electron chi connectivity index (χ4n) is 2.11. The largest absolute Gasteiger partial charge is 0.302 e. The first kappa shape index (κ1) is 16.6. The van der Waals surface area contributed by atoms with Crippen LogP contribution in [0.2, 0.25) is 0 Å². The van der Waals surface area contributed by atoms with Gasteiger partial charge in [0.05, 0.1) is 5.75 Å². The molecule has 2 heterocycles. The number of nitrogens with one attached hydrogen (secondary N) is 1. The molecule has 2 aromatic heterocycles. The Kier molecular flexibility index (Phi) is 5.21. The van der Waals surface area contributed by atoms with E-state index < -0.39 is 0 Å². The number of hydrogen-bond donors (Lipinski definition) is 1. The summed E-state index contributed by atoms with van der Waals surface area (Å²) in [5.74, 6) is 0.912. The molecule has 0 fully saturated rings. The van der Waals surface area contributed by atoms with E-state index >= 15 is 0 Å². The zero-order chi connectivity index (χ0) is 16.9. The summed E-state index contributed by atoms with van der Waals surface area (Å²) in [5, 5.41) is 19.9. The smallest absolute Gasteiger partial charge is 0.236 e. The SMILES string of the molecule is CCn1c(SCC(=O)Nc2nncs2)nnc1-c1ccc(C)cc1. The van der Waals surface area contributed by atoms with E-state index in [1.54, 1.807) is 5.51 Å². The maximum atomic E-state index is 11.9. The van der Waals surface area contributed by atoms with Gasteiger partial charge in [-0.25, -0.2) is 0 Å². The van der Waals surface area contributed by atoms with Crippen molar-refractivity contribution >= 4 is 34.1 Å². The van der Waals surface area contributed by atoms with Crippen molar-refractivity contribution in [3.63, 3.8) is 0 Å². The van der Waals surface area contributed by atoms with Crippen molar-refractivity contribution in [2.75, 3.05) is 11.1 Å². The van der Waals surface area contributed by atoms with Crippen LogP contribution in [0.5, 0.6) is 0 Å². The summed E-state index contributed by atoms with van der Waals surface area (Å²) in [4.78, 5) is 11.9. The summed E-state index contributed by atoms with van der Waals surface area (Å²) in [7, 11) is 0. The van der Waals surface area contributed by atoms with Crippen molar-refractivity contribution in [2.45, 2.75) is 25.5 Å². The van der Waals surface area contributed by atoms with E-state index in [4.69, 9.17) is 0 Å². The summed E-state index contributed by atoms with van der Waals surface area (Å²) in [6.07, 6.45) is 0. The molecule has 0 aliphatic rings. The molecule has 1 amide bonds. The van der Waals surface area contributed by atoms with E-state index in [1.807, 2.05) is 42.7 Å². The topological polar surface area (TPSA) is 85.6 Å². The third kappa shape index (κ3) is 3.80. The minimum Gasteiger partial charge on any atom is -0.302 e. The quantitative estimate of drug-likeness (QED) is 0.680. The number of hydrogen-bond acceptors (Lipinski definition) is 7. The number of carbonyl (C=O) groups is 1. The van der Waals surface area contributed by atoms with Crippen LogP contribution in [0.3, 0.4) is 0 Å². The molecule has 7 nitrogen and oxygen atoms in total. The first-order valence-corrected chi connectivity index (χ1v) is 9.23. The van der Waals surface area contributed by atoms with Crippen molar-refractivity contribution in [2.24, 2.45) is 0 Å². The number of amides is 1. The fraction of sp³-hybridized carbons (Fsp3) is 0.267. The molecule has 0 saturated carbocycles. The van der Waals surface area contributed by atoms with Crippen LogP contribution in [0.1, 0.15) is 12.5 Å². The van der Waals surface area contributed by atoms with Crippen LogP contribution in [0.15, 0.2) is 34.9 Å². The highest BCUT2D eigenvalue weighted by atomic mass is 32.2. The summed E-state index contributed by atoms with van der Waals surface area (Å²) in [5.41, 5.74) is 3.79. The Labute approximate surface area is 147 Å². The Hall–Kier alpha value is -2.26. The monoisotopic (exact) mass is 360 g/mol. The summed E-state index contributed by atoms with van der Waals surface area (Å²) >= 11 is 2.64. The predicted molar refractivity (Wildman–Crippen MR) is 95.1 cm³/mol. The van der Waals surface area contributed by atoms with Crippen LogP contribution in [0, 0.1) is 6.92 Å². The average Bonchev–Trinajstić information content (AvgIpc) is 3.22. The molecule has 0 unspecified atom stereocenters. The van der Waals surface area contributed by atoms with E-state index in [2.05, 4.69) is 25.7 Å². The van der Waals surface area contributed by atoms with Gasteiger partial charge in [0, 0.05) is 12.1 Å². The first-order valence-electron chi connectivity index (χ1n) is 7.36. The Morgan fingerprint density at radius 3 is 2.71 bits per heavy atom. The van der Waals surface area contributed by atoms with Crippen molar-refractivity contribution in [3.8, 4) is 11.4 Å². The maximum Gasteiger partial charge on any atom is 0.236 e. The lowest BCUT2D eigenvalue weighted by atomic mass is 10.1. The van der Waals surface area contributed by atoms with Gasteiger partial charge in [-0.2, -0.15) is 0 Å². The Morgan fingerprint density at radius 1 is 1.25 bits per heavy atom. The van der Waals surface area contributed by atoms with Crippen LogP contribution < -0.4 is 5.32 Å². The van der Waals surface area contributed by atoms with Gasteiger partial charge in [0.2, 0.25) is 11.0 Å². The second kappa shape index (κ2) is 7.54. The van der Waals surface area contributed by atoms with Gasteiger partial charge in [-0.05, 0) is 13.8 Å². The number of carbonyl (C=O) groups excluding carboxylic acids is 1. The molecule has 0 saturated heterocycles. The molecule has 1 aromatic carbocycles. The number of anilines is 1. The zero-order valence-electron chi connectivity index (χ0n) is 13.3. The van der Waals surface area contributed by atoms with Crippen molar-refractivity contribution in [1.82, 2.24) is 25.0 Å². The molecule has 24 heavy (non-hydrogen) atoms. The third-order valence-electron chi connectivity index (χ3n) is 3.28. The second-order valence-corrected chi connectivity index (χ2v) is 6.77. The maximum absolute atomic E-state index is 11.9. The Balaban J connectivity index is 1.70. The normalized spacial score (nSPS) is 10.8. The van der Waals surface area contributed by atoms with Gasteiger partial charge in [-0.15, -0.1) is 20.4 Å². The van der Waals surface area contributed by atoms with E-state index in [0.717, 1.165) is 23.1 Å².